The van der Waals surface area contributed by atoms with Gasteiger partial charge in [0.1, 0.15) is 12.4 Å². The van der Waals surface area contributed by atoms with Gasteiger partial charge in [-0.15, -0.1) is 0 Å². The predicted octanol–water partition coefficient (Wildman–Crippen LogP) is 3.82. The molecule has 0 unspecified atom stereocenters. The van der Waals surface area contributed by atoms with Crippen LogP contribution in [0.3, 0.4) is 0 Å². The molecule has 3 nitrogen and oxygen atoms in total. The van der Waals surface area contributed by atoms with Gasteiger partial charge in [-0.2, -0.15) is 0 Å². The van der Waals surface area contributed by atoms with Gasteiger partial charge in [0.15, 0.2) is 0 Å². The van der Waals surface area contributed by atoms with Crippen LogP contribution in [-0.2, 0) is 13.2 Å². The van der Waals surface area contributed by atoms with Crippen molar-refractivity contribution in [1.82, 2.24) is 4.98 Å². The summed E-state index contributed by atoms with van der Waals surface area (Å²) in [5.41, 5.74) is 3.99. The fraction of sp³-hybridized carbons (Fsp3) is 0.105. The first-order valence-electron chi connectivity index (χ1n) is 7.17. The highest BCUT2D eigenvalue weighted by Gasteiger charge is 2.01. The lowest BCUT2D eigenvalue weighted by Crippen LogP contribution is -1.94. The van der Waals surface area contributed by atoms with Crippen LogP contribution in [0.5, 0.6) is 5.75 Å². The van der Waals surface area contributed by atoms with E-state index in [1.54, 1.807) is 12.4 Å². The monoisotopic (exact) mass is 291 g/mol. The van der Waals surface area contributed by atoms with Crippen LogP contribution in [0.15, 0.2) is 73.1 Å². The molecule has 1 N–H and O–H groups in total. The highest BCUT2D eigenvalue weighted by Crippen LogP contribution is 2.23. The molecule has 0 aliphatic heterocycles. The Morgan fingerprint density at radius 1 is 0.818 bits per heavy atom. The third-order valence-electron chi connectivity index (χ3n) is 3.41. The molecule has 3 aromatic rings. The van der Waals surface area contributed by atoms with Crippen molar-refractivity contribution >= 4 is 0 Å². The average molecular weight is 291 g/mol. The Morgan fingerprint density at radius 2 is 1.59 bits per heavy atom. The van der Waals surface area contributed by atoms with Gasteiger partial charge in [0.2, 0.25) is 0 Å². The van der Waals surface area contributed by atoms with E-state index in [1.807, 2.05) is 60.7 Å². The SMILES string of the molecule is OCc1cncc(-c2ccc(OCc3ccccc3)cc2)c1. The molecule has 0 spiro atoms. The van der Waals surface area contributed by atoms with Crippen molar-refractivity contribution < 1.29 is 9.84 Å². The van der Waals surface area contributed by atoms with Crippen LogP contribution in [0, 0.1) is 0 Å². The molecule has 0 aliphatic rings. The van der Waals surface area contributed by atoms with Crippen LogP contribution in [0.25, 0.3) is 11.1 Å². The van der Waals surface area contributed by atoms with Gasteiger partial charge in [-0.1, -0.05) is 42.5 Å². The number of hydrogen-bond donors (Lipinski definition) is 1. The van der Waals surface area contributed by atoms with E-state index in [4.69, 9.17) is 4.74 Å². The number of ether oxygens (including phenoxy) is 1. The molecule has 0 saturated heterocycles. The molecule has 3 rings (SSSR count). The average Bonchev–Trinajstić information content (AvgIpc) is 2.61. The summed E-state index contributed by atoms with van der Waals surface area (Å²) in [5.74, 6) is 0.832. The molecule has 0 bridgehead atoms. The smallest absolute Gasteiger partial charge is 0.119 e. The number of aliphatic hydroxyl groups is 1. The van der Waals surface area contributed by atoms with Gasteiger partial charge in [0.05, 0.1) is 6.61 Å². The Balaban J connectivity index is 1.69. The Kier molecular flexibility index (Phi) is 4.47. The molecule has 1 heterocycles. The summed E-state index contributed by atoms with van der Waals surface area (Å²) in [6.45, 7) is 0.556. The van der Waals surface area contributed by atoms with Gasteiger partial charge >= 0.3 is 0 Å². The minimum absolute atomic E-state index is 0.000883. The van der Waals surface area contributed by atoms with E-state index in [0.29, 0.717) is 6.61 Å². The van der Waals surface area contributed by atoms with E-state index >= 15 is 0 Å². The van der Waals surface area contributed by atoms with E-state index in [0.717, 1.165) is 28.0 Å². The van der Waals surface area contributed by atoms with Gasteiger partial charge in [0.25, 0.3) is 0 Å². The van der Waals surface area contributed by atoms with Crippen LogP contribution in [0.1, 0.15) is 11.1 Å². The molecule has 110 valence electrons. The summed E-state index contributed by atoms with van der Waals surface area (Å²) in [5, 5.41) is 9.17. The lowest BCUT2D eigenvalue weighted by atomic mass is 10.1. The normalized spacial score (nSPS) is 10.4. The molecule has 0 fully saturated rings. The molecule has 1 aromatic heterocycles. The standard InChI is InChI=1S/C19H17NO2/c21-13-16-10-18(12-20-11-16)17-6-8-19(9-7-17)22-14-15-4-2-1-3-5-15/h1-12,21H,13-14H2. The second-order valence-electron chi connectivity index (χ2n) is 5.04. The lowest BCUT2D eigenvalue weighted by Gasteiger charge is -2.08. The molecule has 0 radical (unpaired) electrons. The van der Waals surface area contributed by atoms with Gasteiger partial charge < -0.3 is 9.84 Å². The first kappa shape index (κ1) is 14.3. The topological polar surface area (TPSA) is 42.4 Å². The molecule has 2 aromatic carbocycles. The third kappa shape index (κ3) is 3.51. The van der Waals surface area contributed by atoms with Gasteiger partial charge in [-0.25, -0.2) is 0 Å². The maximum Gasteiger partial charge on any atom is 0.119 e. The summed E-state index contributed by atoms with van der Waals surface area (Å²) in [6, 6.07) is 19.9. The number of nitrogens with zero attached hydrogens (tertiary/aromatic N) is 1. The molecular formula is C19H17NO2. The maximum absolute atomic E-state index is 9.17. The van der Waals surface area contributed by atoms with Crippen LogP contribution in [0.2, 0.25) is 0 Å². The molecule has 22 heavy (non-hydrogen) atoms. The molecule has 0 amide bonds. The Hall–Kier alpha value is -2.65. The second-order valence-corrected chi connectivity index (χ2v) is 5.04. The van der Waals surface area contributed by atoms with Gasteiger partial charge in [-0.3, -0.25) is 4.98 Å². The summed E-state index contributed by atoms with van der Waals surface area (Å²) < 4.78 is 5.77. The van der Waals surface area contributed by atoms with E-state index in [2.05, 4.69) is 4.98 Å². The van der Waals surface area contributed by atoms with Crippen molar-refractivity contribution in [3.05, 3.63) is 84.2 Å². The quantitative estimate of drug-likeness (QED) is 0.777. The molecule has 0 aliphatic carbocycles. The van der Waals surface area contributed by atoms with Crippen LogP contribution < -0.4 is 4.74 Å². The largest absolute Gasteiger partial charge is 0.489 e. The molecular weight excluding hydrogens is 274 g/mol. The first-order chi connectivity index (χ1) is 10.8. The number of aliphatic hydroxyl groups excluding tert-OH is 1. The summed E-state index contributed by atoms with van der Waals surface area (Å²) in [7, 11) is 0. The van der Waals surface area contributed by atoms with Gasteiger partial charge in [0, 0.05) is 18.0 Å². The molecule has 0 saturated carbocycles. The predicted molar refractivity (Wildman–Crippen MR) is 86.4 cm³/mol. The zero-order valence-electron chi connectivity index (χ0n) is 12.1. The van der Waals surface area contributed by atoms with Crippen LogP contribution in [-0.4, -0.2) is 10.1 Å². The van der Waals surface area contributed by atoms with Crippen molar-refractivity contribution in [1.29, 1.82) is 0 Å². The van der Waals surface area contributed by atoms with Crippen molar-refractivity contribution in [2.24, 2.45) is 0 Å². The van der Waals surface area contributed by atoms with Gasteiger partial charge in [-0.05, 0) is 34.9 Å². The second kappa shape index (κ2) is 6.87. The number of aromatic nitrogens is 1. The number of benzene rings is 2. The number of hydrogen-bond acceptors (Lipinski definition) is 3. The summed E-state index contributed by atoms with van der Waals surface area (Å²) >= 11 is 0. The minimum atomic E-state index is -0.000883. The number of pyridine rings is 1. The maximum atomic E-state index is 9.17. The number of rotatable bonds is 5. The highest BCUT2D eigenvalue weighted by atomic mass is 16.5. The minimum Gasteiger partial charge on any atom is -0.489 e. The fourth-order valence-corrected chi connectivity index (χ4v) is 2.22. The van der Waals surface area contributed by atoms with Crippen molar-refractivity contribution in [2.45, 2.75) is 13.2 Å². The Labute approximate surface area is 129 Å². The Bertz CT molecular complexity index is 724. The highest BCUT2D eigenvalue weighted by molar-refractivity contribution is 5.63. The van der Waals surface area contributed by atoms with Crippen molar-refractivity contribution in [3.63, 3.8) is 0 Å². The third-order valence-corrected chi connectivity index (χ3v) is 3.41. The van der Waals surface area contributed by atoms with Crippen molar-refractivity contribution in [2.75, 3.05) is 0 Å². The van der Waals surface area contributed by atoms with E-state index in [1.165, 1.54) is 0 Å². The van der Waals surface area contributed by atoms with Crippen molar-refractivity contribution in [3.8, 4) is 16.9 Å². The molecule has 3 heteroatoms. The summed E-state index contributed by atoms with van der Waals surface area (Å²) in [6.07, 6.45) is 3.46. The lowest BCUT2D eigenvalue weighted by molar-refractivity contribution is 0.281. The van der Waals surface area contributed by atoms with Crippen LogP contribution in [0.4, 0.5) is 0 Å². The van der Waals surface area contributed by atoms with E-state index in [9.17, 15) is 5.11 Å². The fourth-order valence-electron chi connectivity index (χ4n) is 2.22. The van der Waals surface area contributed by atoms with Crippen LogP contribution >= 0.6 is 0 Å². The molecule has 0 atom stereocenters. The summed E-state index contributed by atoms with van der Waals surface area (Å²) in [4.78, 5) is 4.14. The zero-order chi connectivity index (χ0) is 15.2. The zero-order valence-corrected chi connectivity index (χ0v) is 12.1. The first-order valence-corrected chi connectivity index (χ1v) is 7.17. The van der Waals surface area contributed by atoms with E-state index in [-0.39, 0.29) is 6.61 Å². The Morgan fingerprint density at radius 3 is 2.32 bits per heavy atom. The van der Waals surface area contributed by atoms with E-state index < -0.39 is 0 Å².